The van der Waals surface area contributed by atoms with Crippen LogP contribution < -0.4 is 5.56 Å². The first-order chi connectivity index (χ1) is 15.2. The van der Waals surface area contributed by atoms with Gasteiger partial charge in [-0.15, -0.1) is 0 Å². The van der Waals surface area contributed by atoms with Crippen molar-refractivity contribution in [2.45, 2.75) is 102 Å². The van der Waals surface area contributed by atoms with E-state index < -0.39 is 0 Å². The Morgan fingerprint density at radius 3 is 2.65 bits per heavy atom. The Kier molecular flexibility index (Phi) is 6.41. The van der Waals surface area contributed by atoms with Crippen molar-refractivity contribution >= 4 is 5.91 Å². The van der Waals surface area contributed by atoms with Gasteiger partial charge in [0.15, 0.2) is 0 Å². The van der Waals surface area contributed by atoms with Crippen molar-refractivity contribution < 1.29 is 9.53 Å². The number of ether oxygens (including phenoxy) is 1. The first-order valence-electron chi connectivity index (χ1n) is 12.5. The van der Waals surface area contributed by atoms with Crippen LogP contribution >= 0.6 is 0 Å². The van der Waals surface area contributed by atoms with Crippen molar-refractivity contribution in [1.82, 2.24) is 19.8 Å². The molecule has 170 valence electrons. The lowest BCUT2D eigenvalue weighted by atomic mass is 9.98. The van der Waals surface area contributed by atoms with Crippen LogP contribution in [0, 0.1) is 0 Å². The average molecular weight is 429 g/mol. The number of rotatable bonds is 4. The molecule has 7 heteroatoms. The lowest BCUT2D eigenvalue weighted by Crippen LogP contribution is -2.43. The number of amides is 1. The molecule has 3 aliphatic heterocycles. The molecule has 31 heavy (non-hydrogen) atoms. The summed E-state index contributed by atoms with van der Waals surface area (Å²) in [5, 5.41) is 0. The number of nitrogens with one attached hydrogen (secondary N) is 1. The van der Waals surface area contributed by atoms with Crippen molar-refractivity contribution in [1.29, 1.82) is 0 Å². The molecule has 2 saturated heterocycles. The van der Waals surface area contributed by atoms with Crippen molar-refractivity contribution in [2.24, 2.45) is 0 Å². The number of hydrogen-bond acceptors (Lipinski definition) is 5. The monoisotopic (exact) mass is 428 g/mol. The largest absolute Gasteiger partial charge is 0.378 e. The SMILES string of the molecule is O=C(C[C@@H]1CCCCO1)N1CCCC[C@@H]1c1nc2c(c(=O)[nH]1)CCN(C1CCCC1)C2. The Morgan fingerprint density at radius 2 is 1.84 bits per heavy atom. The number of nitrogens with zero attached hydrogens (tertiary/aromatic N) is 3. The lowest BCUT2D eigenvalue weighted by Gasteiger charge is -2.37. The zero-order valence-corrected chi connectivity index (χ0v) is 18.6. The predicted octanol–water partition coefficient (Wildman–Crippen LogP) is 3.08. The number of likely N-dealkylation sites (tertiary alicyclic amines) is 1. The van der Waals surface area contributed by atoms with Crippen LogP contribution in [0.15, 0.2) is 4.79 Å². The van der Waals surface area contributed by atoms with Crippen LogP contribution in [-0.2, 0) is 22.5 Å². The molecule has 0 aromatic carbocycles. The molecule has 7 nitrogen and oxygen atoms in total. The summed E-state index contributed by atoms with van der Waals surface area (Å²) in [5.74, 6) is 0.833. The molecule has 1 saturated carbocycles. The van der Waals surface area contributed by atoms with Crippen molar-refractivity contribution in [3.63, 3.8) is 0 Å². The van der Waals surface area contributed by atoms with Crippen LogP contribution in [0.4, 0.5) is 0 Å². The van der Waals surface area contributed by atoms with Gasteiger partial charge >= 0.3 is 0 Å². The third-order valence-electron chi connectivity index (χ3n) is 7.78. The maximum Gasteiger partial charge on any atom is 0.254 e. The Morgan fingerprint density at radius 1 is 1.03 bits per heavy atom. The van der Waals surface area contributed by atoms with Gasteiger partial charge in [-0.1, -0.05) is 12.8 Å². The average Bonchev–Trinajstić information content (AvgIpc) is 3.34. The van der Waals surface area contributed by atoms with Crippen LogP contribution in [0.3, 0.4) is 0 Å². The molecular weight excluding hydrogens is 392 g/mol. The number of carbonyl (C=O) groups excluding carboxylic acids is 1. The van der Waals surface area contributed by atoms with Gasteiger partial charge in [0.05, 0.1) is 24.3 Å². The molecule has 1 aromatic rings. The second kappa shape index (κ2) is 9.41. The highest BCUT2D eigenvalue weighted by atomic mass is 16.5. The van der Waals surface area contributed by atoms with Gasteiger partial charge in [-0.2, -0.15) is 0 Å². The second-order valence-electron chi connectivity index (χ2n) is 9.83. The Labute approximate surface area is 184 Å². The predicted molar refractivity (Wildman–Crippen MR) is 118 cm³/mol. The smallest absolute Gasteiger partial charge is 0.254 e. The van der Waals surface area contributed by atoms with Crippen LogP contribution in [0.1, 0.15) is 93.8 Å². The number of fused-ring (bicyclic) bond motifs is 1. The van der Waals surface area contributed by atoms with Crippen molar-refractivity contribution in [3.8, 4) is 0 Å². The Hall–Kier alpha value is -1.73. The molecule has 0 unspecified atom stereocenters. The van der Waals surface area contributed by atoms with E-state index in [-0.39, 0.29) is 23.6 Å². The third-order valence-corrected chi connectivity index (χ3v) is 7.78. The summed E-state index contributed by atoms with van der Waals surface area (Å²) >= 11 is 0. The summed E-state index contributed by atoms with van der Waals surface area (Å²) in [4.78, 5) is 38.6. The molecule has 4 aliphatic rings. The molecule has 1 aliphatic carbocycles. The fraction of sp³-hybridized carbons (Fsp3) is 0.792. The highest BCUT2D eigenvalue weighted by molar-refractivity contribution is 5.77. The molecule has 0 bridgehead atoms. The number of hydrogen-bond donors (Lipinski definition) is 1. The van der Waals surface area contributed by atoms with Gasteiger partial charge in [0.25, 0.3) is 5.56 Å². The molecule has 1 amide bonds. The number of aromatic nitrogens is 2. The summed E-state index contributed by atoms with van der Waals surface area (Å²) < 4.78 is 5.81. The lowest BCUT2D eigenvalue weighted by molar-refractivity contribution is -0.139. The van der Waals surface area contributed by atoms with Crippen LogP contribution in [0.25, 0.3) is 0 Å². The molecule has 2 atom stereocenters. The molecule has 4 heterocycles. The zero-order chi connectivity index (χ0) is 21.2. The first-order valence-corrected chi connectivity index (χ1v) is 12.5. The molecule has 5 rings (SSSR count). The molecule has 0 radical (unpaired) electrons. The van der Waals surface area contributed by atoms with Crippen LogP contribution in [0.2, 0.25) is 0 Å². The van der Waals surface area contributed by atoms with E-state index in [4.69, 9.17) is 9.72 Å². The summed E-state index contributed by atoms with van der Waals surface area (Å²) in [6, 6.07) is 0.519. The normalized spacial score (nSPS) is 27.9. The summed E-state index contributed by atoms with van der Waals surface area (Å²) in [6.07, 6.45) is 12.5. The Bertz CT molecular complexity index is 842. The highest BCUT2D eigenvalue weighted by Crippen LogP contribution is 2.32. The second-order valence-corrected chi connectivity index (χ2v) is 9.83. The van der Waals surface area contributed by atoms with E-state index >= 15 is 0 Å². The maximum atomic E-state index is 13.2. The molecule has 3 fully saturated rings. The van der Waals surface area contributed by atoms with E-state index in [9.17, 15) is 9.59 Å². The zero-order valence-electron chi connectivity index (χ0n) is 18.6. The van der Waals surface area contributed by atoms with Crippen molar-refractivity contribution in [2.75, 3.05) is 19.7 Å². The third kappa shape index (κ3) is 4.58. The number of carbonyl (C=O) groups is 1. The van der Waals surface area contributed by atoms with Gasteiger partial charge in [-0.05, 0) is 57.8 Å². The van der Waals surface area contributed by atoms with E-state index in [0.29, 0.717) is 18.3 Å². The minimum Gasteiger partial charge on any atom is -0.378 e. The van der Waals surface area contributed by atoms with Crippen molar-refractivity contribution in [3.05, 3.63) is 27.4 Å². The minimum atomic E-state index is -0.121. The van der Waals surface area contributed by atoms with Gasteiger partial charge in [0.1, 0.15) is 5.82 Å². The molecule has 1 aromatic heterocycles. The molecule has 0 spiro atoms. The first kappa shape index (κ1) is 21.1. The van der Waals surface area contributed by atoms with Gasteiger partial charge in [0.2, 0.25) is 5.91 Å². The van der Waals surface area contributed by atoms with Crippen LogP contribution in [0.5, 0.6) is 0 Å². The summed E-state index contributed by atoms with van der Waals surface area (Å²) in [5.41, 5.74) is 1.78. The van der Waals surface area contributed by atoms with E-state index in [1.807, 2.05) is 4.90 Å². The summed E-state index contributed by atoms with van der Waals surface area (Å²) in [7, 11) is 0. The van der Waals surface area contributed by atoms with E-state index in [1.165, 1.54) is 25.7 Å². The van der Waals surface area contributed by atoms with E-state index in [0.717, 1.165) is 82.4 Å². The fourth-order valence-electron chi connectivity index (χ4n) is 6.01. The number of piperidine rings is 1. The fourth-order valence-corrected chi connectivity index (χ4v) is 6.01. The van der Waals surface area contributed by atoms with Gasteiger partial charge < -0.3 is 14.6 Å². The van der Waals surface area contributed by atoms with E-state index in [1.54, 1.807) is 0 Å². The number of aromatic amines is 1. The maximum absolute atomic E-state index is 13.2. The van der Waals surface area contributed by atoms with Gasteiger partial charge in [-0.3, -0.25) is 14.5 Å². The molecule has 1 N–H and O–H groups in total. The standard InChI is InChI=1S/C24H36N4O3/c29-22(15-18-9-4-6-14-31-18)28-12-5-3-10-21(28)23-25-20-16-27(17-7-1-2-8-17)13-11-19(20)24(30)26-23/h17-18,21H,1-16H2,(H,25,26,30)/t18-,21+/m0/s1. The quantitative estimate of drug-likeness (QED) is 0.797. The van der Waals surface area contributed by atoms with E-state index in [2.05, 4.69) is 9.88 Å². The number of H-pyrrole nitrogens is 1. The topological polar surface area (TPSA) is 78.5 Å². The molecular formula is C24H36N4O3. The van der Waals surface area contributed by atoms with Gasteiger partial charge in [0, 0.05) is 37.8 Å². The Balaban J connectivity index is 1.35. The minimum absolute atomic E-state index is 0.000316. The van der Waals surface area contributed by atoms with Gasteiger partial charge in [-0.25, -0.2) is 4.98 Å². The highest BCUT2D eigenvalue weighted by Gasteiger charge is 2.33. The summed E-state index contributed by atoms with van der Waals surface area (Å²) in [6.45, 7) is 3.23. The van der Waals surface area contributed by atoms with Crippen LogP contribution in [-0.4, -0.2) is 57.5 Å².